The quantitative estimate of drug-likeness (QED) is 0.904. The minimum absolute atomic E-state index is 0.00303. The molecular weight excluding hydrogens is 252 g/mol. The zero-order valence-corrected chi connectivity index (χ0v) is 11.1. The van der Waals surface area contributed by atoms with Crippen LogP contribution in [0.25, 0.3) is 0 Å². The molecule has 1 heterocycles. The van der Waals surface area contributed by atoms with E-state index in [1.165, 1.54) is 0 Å². The monoisotopic (exact) mass is 268 g/mol. The maximum Gasteiger partial charge on any atom is 0.260 e. The lowest BCUT2D eigenvalue weighted by Crippen LogP contribution is -2.52. The summed E-state index contributed by atoms with van der Waals surface area (Å²) in [5.41, 5.74) is 0. The molecule has 18 heavy (non-hydrogen) atoms. The van der Waals surface area contributed by atoms with Crippen molar-refractivity contribution in [2.45, 2.75) is 13.0 Å². The van der Waals surface area contributed by atoms with E-state index in [4.69, 9.17) is 16.3 Å². The van der Waals surface area contributed by atoms with Crippen LogP contribution in [0.1, 0.15) is 6.92 Å². The maximum atomic E-state index is 12.0. The van der Waals surface area contributed by atoms with Gasteiger partial charge in [-0.1, -0.05) is 23.7 Å². The Morgan fingerprint density at radius 1 is 1.56 bits per heavy atom. The highest BCUT2D eigenvalue weighted by Gasteiger charge is 2.20. The van der Waals surface area contributed by atoms with Gasteiger partial charge in [0.2, 0.25) is 0 Å². The van der Waals surface area contributed by atoms with Crippen LogP contribution in [0.5, 0.6) is 5.75 Å². The molecule has 0 bridgehead atoms. The van der Waals surface area contributed by atoms with Gasteiger partial charge in [-0.3, -0.25) is 4.79 Å². The van der Waals surface area contributed by atoms with E-state index in [1.807, 2.05) is 17.0 Å². The number of carbonyl (C=O) groups is 1. The van der Waals surface area contributed by atoms with Crippen molar-refractivity contribution in [3.05, 3.63) is 29.3 Å². The van der Waals surface area contributed by atoms with Crippen LogP contribution in [0.3, 0.4) is 0 Å². The van der Waals surface area contributed by atoms with Gasteiger partial charge in [-0.15, -0.1) is 0 Å². The fourth-order valence-corrected chi connectivity index (χ4v) is 2.14. The van der Waals surface area contributed by atoms with Gasteiger partial charge in [0.15, 0.2) is 6.61 Å². The van der Waals surface area contributed by atoms with Crippen LogP contribution in [0.15, 0.2) is 24.3 Å². The van der Waals surface area contributed by atoms with Crippen molar-refractivity contribution in [1.82, 2.24) is 10.2 Å². The highest BCUT2D eigenvalue weighted by Crippen LogP contribution is 2.22. The number of carbonyl (C=O) groups excluding carboxylic acids is 1. The molecule has 1 saturated heterocycles. The van der Waals surface area contributed by atoms with E-state index in [2.05, 4.69) is 12.2 Å². The largest absolute Gasteiger partial charge is 0.482 e. The molecule has 1 fully saturated rings. The van der Waals surface area contributed by atoms with Gasteiger partial charge in [0.25, 0.3) is 5.91 Å². The summed E-state index contributed by atoms with van der Waals surface area (Å²) in [6.07, 6.45) is 0. The van der Waals surface area contributed by atoms with Crippen LogP contribution in [0.2, 0.25) is 5.02 Å². The van der Waals surface area contributed by atoms with Gasteiger partial charge < -0.3 is 15.0 Å². The van der Waals surface area contributed by atoms with E-state index in [9.17, 15) is 4.79 Å². The first-order valence-corrected chi connectivity index (χ1v) is 6.43. The Kier molecular flexibility index (Phi) is 4.44. The normalized spacial score (nSPS) is 19.7. The Bertz CT molecular complexity index is 425. The second-order valence-corrected chi connectivity index (χ2v) is 4.82. The van der Waals surface area contributed by atoms with Crippen molar-refractivity contribution < 1.29 is 9.53 Å². The van der Waals surface area contributed by atoms with Gasteiger partial charge in [0.05, 0.1) is 5.02 Å². The standard InChI is InChI=1S/C13H17ClN2O2/c1-10-8-16(7-6-15-10)13(17)9-18-12-5-3-2-4-11(12)14/h2-5,10,15H,6-9H2,1H3. The zero-order chi connectivity index (χ0) is 13.0. The van der Waals surface area contributed by atoms with Crippen LogP contribution in [-0.4, -0.2) is 43.1 Å². The Labute approximate surface area is 112 Å². The highest BCUT2D eigenvalue weighted by atomic mass is 35.5. The van der Waals surface area contributed by atoms with Gasteiger partial charge >= 0.3 is 0 Å². The van der Waals surface area contributed by atoms with E-state index in [0.717, 1.165) is 19.6 Å². The summed E-state index contributed by atoms with van der Waals surface area (Å²) in [5, 5.41) is 3.82. The zero-order valence-electron chi connectivity index (χ0n) is 10.4. The number of hydrogen-bond donors (Lipinski definition) is 1. The van der Waals surface area contributed by atoms with Crippen molar-refractivity contribution >= 4 is 17.5 Å². The SMILES string of the molecule is CC1CN(C(=O)COc2ccccc2Cl)CCN1. The Hall–Kier alpha value is -1.26. The summed E-state index contributed by atoms with van der Waals surface area (Å²) in [5.74, 6) is 0.555. The summed E-state index contributed by atoms with van der Waals surface area (Å²) in [7, 11) is 0. The Morgan fingerprint density at radius 3 is 3.06 bits per heavy atom. The number of ether oxygens (including phenoxy) is 1. The molecule has 5 heteroatoms. The second kappa shape index (κ2) is 6.07. The molecule has 1 N–H and O–H groups in total. The lowest BCUT2D eigenvalue weighted by atomic mass is 10.2. The molecule has 1 unspecified atom stereocenters. The van der Waals surface area contributed by atoms with E-state index < -0.39 is 0 Å². The molecule has 1 atom stereocenters. The first kappa shape index (κ1) is 13.2. The van der Waals surface area contributed by atoms with E-state index in [1.54, 1.807) is 12.1 Å². The number of benzene rings is 1. The van der Waals surface area contributed by atoms with Gasteiger partial charge in [-0.05, 0) is 19.1 Å². The molecule has 1 amide bonds. The average molecular weight is 269 g/mol. The lowest BCUT2D eigenvalue weighted by Gasteiger charge is -2.31. The van der Waals surface area contributed by atoms with E-state index >= 15 is 0 Å². The molecule has 1 aromatic carbocycles. The van der Waals surface area contributed by atoms with Crippen LogP contribution >= 0.6 is 11.6 Å². The number of rotatable bonds is 3. The van der Waals surface area contributed by atoms with Gasteiger partial charge in [0.1, 0.15) is 5.75 Å². The fourth-order valence-electron chi connectivity index (χ4n) is 1.95. The first-order chi connectivity index (χ1) is 8.66. The average Bonchev–Trinajstić information content (AvgIpc) is 2.37. The van der Waals surface area contributed by atoms with Gasteiger partial charge in [-0.2, -0.15) is 0 Å². The van der Waals surface area contributed by atoms with Crippen LogP contribution in [0, 0.1) is 0 Å². The molecule has 2 rings (SSSR count). The molecule has 0 aromatic heterocycles. The minimum Gasteiger partial charge on any atom is -0.482 e. The second-order valence-electron chi connectivity index (χ2n) is 4.41. The summed E-state index contributed by atoms with van der Waals surface area (Å²) < 4.78 is 5.44. The van der Waals surface area contributed by atoms with Crippen molar-refractivity contribution in [3.63, 3.8) is 0 Å². The molecule has 4 nitrogen and oxygen atoms in total. The van der Waals surface area contributed by atoms with Crippen molar-refractivity contribution in [2.75, 3.05) is 26.2 Å². The Morgan fingerprint density at radius 2 is 2.33 bits per heavy atom. The molecule has 1 aromatic rings. The molecule has 0 spiro atoms. The molecular formula is C13H17ClN2O2. The molecule has 1 aliphatic heterocycles. The van der Waals surface area contributed by atoms with Crippen LogP contribution in [-0.2, 0) is 4.79 Å². The maximum absolute atomic E-state index is 12.0. The predicted octanol–water partition coefficient (Wildman–Crippen LogP) is 1.54. The summed E-state index contributed by atoms with van der Waals surface area (Å²) in [6, 6.07) is 7.50. The third kappa shape index (κ3) is 3.37. The predicted molar refractivity (Wildman–Crippen MR) is 71.0 cm³/mol. The molecule has 0 radical (unpaired) electrons. The van der Waals surface area contributed by atoms with E-state index in [-0.39, 0.29) is 12.5 Å². The number of para-hydroxylation sites is 1. The van der Waals surface area contributed by atoms with Gasteiger partial charge in [-0.25, -0.2) is 0 Å². The van der Waals surface area contributed by atoms with Crippen molar-refractivity contribution in [2.24, 2.45) is 0 Å². The topological polar surface area (TPSA) is 41.6 Å². The van der Waals surface area contributed by atoms with Crippen LogP contribution < -0.4 is 10.1 Å². The number of hydrogen-bond acceptors (Lipinski definition) is 3. The smallest absolute Gasteiger partial charge is 0.260 e. The number of piperazine rings is 1. The summed E-state index contributed by atoms with van der Waals surface area (Å²) in [4.78, 5) is 13.8. The lowest BCUT2D eigenvalue weighted by molar-refractivity contribution is -0.134. The number of halogens is 1. The molecule has 1 aliphatic rings. The van der Waals surface area contributed by atoms with Crippen molar-refractivity contribution in [1.29, 1.82) is 0 Å². The fraction of sp³-hybridized carbons (Fsp3) is 0.462. The number of amides is 1. The number of nitrogens with one attached hydrogen (secondary N) is 1. The van der Waals surface area contributed by atoms with Gasteiger partial charge in [0, 0.05) is 25.7 Å². The third-order valence-electron chi connectivity index (χ3n) is 2.91. The Balaban J connectivity index is 1.86. The highest BCUT2D eigenvalue weighted by molar-refractivity contribution is 6.32. The molecule has 0 saturated carbocycles. The van der Waals surface area contributed by atoms with Crippen molar-refractivity contribution in [3.8, 4) is 5.75 Å². The van der Waals surface area contributed by atoms with Crippen LogP contribution in [0.4, 0.5) is 0 Å². The summed E-state index contributed by atoms with van der Waals surface area (Å²) >= 11 is 5.96. The summed E-state index contributed by atoms with van der Waals surface area (Å²) in [6.45, 7) is 4.39. The third-order valence-corrected chi connectivity index (χ3v) is 3.22. The number of nitrogens with zero attached hydrogens (tertiary/aromatic N) is 1. The molecule has 98 valence electrons. The van der Waals surface area contributed by atoms with E-state index in [0.29, 0.717) is 16.8 Å². The first-order valence-electron chi connectivity index (χ1n) is 6.05. The minimum atomic E-state index is 0.00303. The molecule has 0 aliphatic carbocycles.